The Balaban J connectivity index is 1.65. The lowest BCUT2D eigenvalue weighted by molar-refractivity contribution is 0.597. The first-order chi connectivity index (χ1) is 20.0. The maximum Gasteiger partial charge on any atom is 0.209 e. The summed E-state index contributed by atoms with van der Waals surface area (Å²) in [5.41, 5.74) is 8.42. The highest BCUT2D eigenvalue weighted by Crippen LogP contribution is 2.47. The molecule has 0 spiro atoms. The number of aryl methyl sites for hydroxylation is 1. The van der Waals surface area contributed by atoms with Gasteiger partial charge < -0.3 is 4.57 Å². The van der Waals surface area contributed by atoms with E-state index in [-0.39, 0.29) is 4.90 Å². The lowest BCUT2D eigenvalue weighted by Gasteiger charge is -2.14. The van der Waals surface area contributed by atoms with Crippen LogP contribution in [0.15, 0.2) is 149 Å². The summed E-state index contributed by atoms with van der Waals surface area (Å²) < 4.78 is 31.3. The molecule has 3 nitrogen and oxygen atoms in total. The smallest absolute Gasteiger partial charge is 0.209 e. The highest BCUT2D eigenvalue weighted by Gasteiger charge is 2.33. The lowest BCUT2D eigenvalue weighted by Crippen LogP contribution is -2.05. The van der Waals surface area contributed by atoms with Crippen LogP contribution in [-0.2, 0) is 9.84 Å². The summed E-state index contributed by atoms with van der Waals surface area (Å²) in [5, 5.41) is 0.702. The van der Waals surface area contributed by atoms with E-state index < -0.39 is 9.84 Å². The summed E-state index contributed by atoms with van der Waals surface area (Å²) in [6.07, 6.45) is 4.32. The fraction of sp³-hybridized carbons (Fsp3) is 0.0270. The maximum absolute atomic E-state index is 14.6. The van der Waals surface area contributed by atoms with E-state index in [1.807, 2.05) is 97.9 Å². The van der Waals surface area contributed by atoms with Crippen LogP contribution in [0.25, 0.3) is 39.5 Å². The quantitative estimate of drug-likeness (QED) is 0.220. The molecular weight excluding hydrogens is 522 g/mol. The van der Waals surface area contributed by atoms with Gasteiger partial charge in [-0.05, 0) is 59.5 Å². The number of rotatable bonds is 4. The molecule has 0 bridgehead atoms. The molecule has 7 rings (SSSR count). The van der Waals surface area contributed by atoms with E-state index in [0.29, 0.717) is 16.0 Å². The first-order valence-corrected chi connectivity index (χ1v) is 15.1. The predicted octanol–water partition coefficient (Wildman–Crippen LogP) is 8.89. The zero-order valence-corrected chi connectivity index (χ0v) is 23.3. The molecule has 41 heavy (non-hydrogen) atoms. The fourth-order valence-electron chi connectivity index (χ4n) is 5.73. The van der Waals surface area contributed by atoms with Gasteiger partial charge in [0.05, 0.1) is 16.1 Å². The van der Waals surface area contributed by atoms with Crippen molar-refractivity contribution in [2.24, 2.45) is 0 Å². The number of allylic oxidation sites excluding steroid dienone is 2. The average Bonchev–Trinajstić information content (AvgIpc) is 3.29. The molecule has 2 heterocycles. The van der Waals surface area contributed by atoms with Crippen molar-refractivity contribution >= 4 is 38.1 Å². The Hall–Kier alpha value is -4.93. The van der Waals surface area contributed by atoms with E-state index in [1.54, 1.807) is 12.1 Å². The Morgan fingerprint density at radius 2 is 1.24 bits per heavy atom. The molecule has 1 aromatic heterocycles. The molecule has 198 valence electrons. The number of aromatic nitrogens is 1. The van der Waals surface area contributed by atoms with Crippen molar-refractivity contribution in [3.05, 3.63) is 162 Å². The minimum absolute atomic E-state index is 0.286. The number of fused-ring (bicyclic) bond motifs is 5. The number of benzene rings is 5. The summed E-state index contributed by atoms with van der Waals surface area (Å²) in [5.74, 6) is 0. The molecule has 0 saturated heterocycles. The molecule has 0 amide bonds. The van der Waals surface area contributed by atoms with Crippen LogP contribution in [0.3, 0.4) is 0 Å². The summed E-state index contributed by atoms with van der Waals surface area (Å²) in [7, 11) is -3.89. The highest BCUT2D eigenvalue weighted by atomic mass is 32.2. The van der Waals surface area contributed by atoms with Crippen LogP contribution in [0.4, 0.5) is 0 Å². The normalized spacial score (nSPS) is 13.9. The Bertz CT molecular complexity index is 2080. The van der Waals surface area contributed by atoms with Gasteiger partial charge >= 0.3 is 0 Å². The topological polar surface area (TPSA) is 39.1 Å². The summed E-state index contributed by atoms with van der Waals surface area (Å²) in [4.78, 5) is 0.611. The van der Waals surface area contributed by atoms with Gasteiger partial charge in [0.25, 0.3) is 0 Å². The molecule has 4 heteroatoms. The molecule has 0 saturated carbocycles. The van der Waals surface area contributed by atoms with Crippen LogP contribution in [0.1, 0.15) is 22.3 Å². The Kier molecular flexibility index (Phi) is 6.06. The summed E-state index contributed by atoms with van der Waals surface area (Å²) in [6.45, 7) is 1.96. The molecular formula is C37H27NO2S. The molecule has 0 fully saturated rings. The van der Waals surface area contributed by atoms with E-state index >= 15 is 0 Å². The minimum Gasteiger partial charge on any atom is -0.308 e. The fourth-order valence-corrected chi connectivity index (χ4v) is 7.37. The van der Waals surface area contributed by atoms with Crippen LogP contribution in [0.2, 0.25) is 0 Å². The highest BCUT2D eigenvalue weighted by molar-refractivity contribution is 7.92. The van der Waals surface area contributed by atoms with Gasteiger partial charge in [-0.15, -0.1) is 0 Å². The van der Waals surface area contributed by atoms with E-state index in [0.717, 1.165) is 44.6 Å². The van der Waals surface area contributed by atoms with E-state index in [1.165, 1.54) is 0 Å². The molecule has 1 aliphatic rings. The number of hydrogen-bond acceptors (Lipinski definition) is 2. The van der Waals surface area contributed by atoms with Crippen LogP contribution in [0, 0.1) is 6.92 Å². The second-order valence-electron chi connectivity index (χ2n) is 10.3. The van der Waals surface area contributed by atoms with Crippen molar-refractivity contribution in [2.45, 2.75) is 16.7 Å². The van der Waals surface area contributed by atoms with Gasteiger partial charge in [0.15, 0.2) is 0 Å². The SMILES string of the molecule is Cc1ccc(S(=O)(=O)c2c3n(c4ccccc24)/C(=C\c2ccccc2)C=C(c2ccccc2)c2ccccc2-3)cc1. The van der Waals surface area contributed by atoms with E-state index in [9.17, 15) is 8.42 Å². The monoisotopic (exact) mass is 549 g/mol. The zero-order valence-electron chi connectivity index (χ0n) is 22.5. The van der Waals surface area contributed by atoms with Crippen molar-refractivity contribution in [3.63, 3.8) is 0 Å². The van der Waals surface area contributed by atoms with Gasteiger partial charge in [-0.25, -0.2) is 8.42 Å². The lowest BCUT2D eigenvalue weighted by atomic mass is 9.92. The second-order valence-corrected chi connectivity index (χ2v) is 12.2. The van der Waals surface area contributed by atoms with Crippen molar-refractivity contribution < 1.29 is 8.42 Å². The summed E-state index contributed by atoms with van der Waals surface area (Å²) >= 11 is 0. The molecule has 5 aromatic carbocycles. The van der Waals surface area contributed by atoms with Crippen molar-refractivity contribution in [3.8, 4) is 11.3 Å². The molecule has 1 aliphatic heterocycles. The first-order valence-electron chi connectivity index (χ1n) is 13.6. The van der Waals surface area contributed by atoms with Crippen LogP contribution in [0.5, 0.6) is 0 Å². The van der Waals surface area contributed by atoms with Gasteiger partial charge in [-0.1, -0.05) is 121 Å². The van der Waals surface area contributed by atoms with Gasteiger partial charge in [-0.3, -0.25) is 0 Å². The largest absolute Gasteiger partial charge is 0.308 e. The van der Waals surface area contributed by atoms with Gasteiger partial charge in [0, 0.05) is 16.6 Å². The number of para-hydroxylation sites is 1. The Morgan fingerprint density at radius 3 is 1.98 bits per heavy atom. The minimum atomic E-state index is -3.89. The standard InChI is InChI=1S/C37H27NO2S/c1-26-20-22-30(23-21-26)41(39,40)37-33-18-10-11-19-35(33)38-29(24-27-12-4-2-5-13-27)25-34(28-14-6-3-7-15-28)31-16-8-9-17-32(31)36(37)38/h2-25H,1H3/b29-24-. The molecule has 0 aliphatic carbocycles. The molecule has 0 unspecified atom stereocenters. The van der Waals surface area contributed by atoms with Crippen LogP contribution >= 0.6 is 0 Å². The third-order valence-corrected chi connectivity index (χ3v) is 9.49. The van der Waals surface area contributed by atoms with Gasteiger partial charge in [0.1, 0.15) is 4.90 Å². The van der Waals surface area contributed by atoms with E-state index in [4.69, 9.17) is 0 Å². The Labute approximate surface area is 240 Å². The molecule has 0 radical (unpaired) electrons. The van der Waals surface area contributed by atoms with Crippen LogP contribution in [-0.4, -0.2) is 13.0 Å². The summed E-state index contributed by atoms with van der Waals surface area (Å²) in [6, 6.07) is 43.5. The number of nitrogens with zero attached hydrogens (tertiary/aromatic N) is 1. The third-order valence-electron chi connectivity index (χ3n) is 7.65. The molecule has 0 N–H and O–H groups in total. The van der Waals surface area contributed by atoms with Crippen LogP contribution < -0.4 is 0 Å². The van der Waals surface area contributed by atoms with Crippen molar-refractivity contribution in [1.82, 2.24) is 4.57 Å². The van der Waals surface area contributed by atoms with E-state index in [2.05, 4.69) is 47.1 Å². The Morgan fingerprint density at radius 1 is 0.634 bits per heavy atom. The number of sulfone groups is 1. The van der Waals surface area contributed by atoms with Gasteiger partial charge in [0.2, 0.25) is 9.84 Å². The average molecular weight is 550 g/mol. The molecule has 0 atom stereocenters. The van der Waals surface area contributed by atoms with Gasteiger partial charge in [-0.2, -0.15) is 0 Å². The first kappa shape index (κ1) is 25.1. The van der Waals surface area contributed by atoms with Crippen molar-refractivity contribution in [1.29, 1.82) is 0 Å². The zero-order chi connectivity index (χ0) is 28.0. The third kappa shape index (κ3) is 4.24. The predicted molar refractivity (Wildman–Crippen MR) is 168 cm³/mol. The second kappa shape index (κ2) is 9.92. The van der Waals surface area contributed by atoms with Crippen molar-refractivity contribution in [2.75, 3.05) is 0 Å². The molecule has 6 aromatic rings. The maximum atomic E-state index is 14.6. The number of hydrogen-bond donors (Lipinski definition) is 0.